The van der Waals surface area contributed by atoms with E-state index in [1.54, 1.807) is 24.3 Å². The summed E-state index contributed by atoms with van der Waals surface area (Å²) < 4.78 is 26.0. The average molecular weight is 266 g/mol. The fourth-order valence-electron chi connectivity index (χ4n) is 1.49. The maximum atomic E-state index is 12.4. The molecule has 2 N–H and O–H groups in total. The summed E-state index contributed by atoms with van der Waals surface area (Å²) in [5.41, 5.74) is 7.06. The van der Waals surface area contributed by atoms with Gasteiger partial charge >= 0.3 is 0 Å². The Kier molecular flexibility index (Phi) is 4.69. The van der Waals surface area contributed by atoms with Crippen LogP contribution in [0.3, 0.4) is 0 Å². The van der Waals surface area contributed by atoms with Gasteiger partial charge in [-0.2, -0.15) is 4.31 Å². The Morgan fingerprint density at radius 1 is 1.28 bits per heavy atom. The van der Waals surface area contributed by atoms with Gasteiger partial charge in [-0.3, -0.25) is 0 Å². The van der Waals surface area contributed by atoms with Crippen molar-refractivity contribution in [1.29, 1.82) is 0 Å². The first-order chi connectivity index (χ1) is 8.43. The van der Waals surface area contributed by atoms with Crippen LogP contribution >= 0.6 is 0 Å². The number of rotatable bonds is 6. The summed E-state index contributed by atoms with van der Waals surface area (Å²) in [6, 6.07) is 4.73. The molecule has 0 aliphatic rings. The molecule has 5 heteroatoms. The van der Waals surface area contributed by atoms with Crippen LogP contribution in [0.15, 0.2) is 48.4 Å². The zero-order valence-electron chi connectivity index (χ0n) is 10.5. The highest BCUT2D eigenvalue weighted by Gasteiger charge is 2.22. The summed E-state index contributed by atoms with van der Waals surface area (Å²) in [6.07, 6.45) is 3.08. The average Bonchev–Trinajstić information content (AvgIpc) is 2.32. The number of hydrogen-bond donors (Lipinski definition) is 1. The molecule has 0 unspecified atom stereocenters. The third kappa shape index (κ3) is 3.00. The molecule has 98 valence electrons. The molecule has 0 amide bonds. The van der Waals surface area contributed by atoms with Crippen LogP contribution in [0.2, 0.25) is 0 Å². The highest BCUT2D eigenvalue weighted by atomic mass is 32.2. The Balaban J connectivity index is 3.21. The van der Waals surface area contributed by atoms with E-state index in [4.69, 9.17) is 5.73 Å². The molecule has 0 aromatic heterocycles. The standard InChI is InChI=1S/C13H18N2O2S/c1-4-8-15(9-5-2)18(16,17)12-7-6-11(3)13(14)10-12/h4-7,10H,1-2,8-9,14H2,3H3. The molecule has 0 aliphatic heterocycles. The largest absolute Gasteiger partial charge is 0.398 e. The van der Waals surface area contributed by atoms with Gasteiger partial charge in [0.25, 0.3) is 0 Å². The third-order valence-corrected chi connectivity index (χ3v) is 4.38. The first-order valence-electron chi connectivity index (χ1n) is 5.51. The molecule has 1 aromatic rings. The van der Waals surface area contributed by atoms with Crippen LogP contribution in [0.5, 0.6) is 0 Å². The lowest BCUT2D eigenvalue weighted by atomic mass is 10.2. The number of nitrogens with zero attached hydrogens (tertiary/aromatic N) is 1. The highest BCUT2D eigenvalue weighted by Crippen LogP contribution is 2.20. The Morgan fingerprint density at radius 3 is 2.28 bits per heavy atom. The number of aryl methyl sites for hydroxylation is 1. The van der Waals surface area contributed by atoms with E-state index in [9.17, 15) is 8.42 Å². The SMILES string of the molecule is C=CCN(CC=C)S(=O)(=O)c1ccc(C)c(N)c1. The van der Waals surface area contributed by atoms with Gasteiger partial charge in [0.2, 0.25) is 10.0 Å². The lowest BCUT2D eigenvalue weighted by Crippen LogP contribution is -2.31. The number of hydrogen-bond acceptors (Lipinski definition) is 3. The predicted octanol–water partition coefficient (Wildman–Crippen LogP) is 1.94. The molecule has 0 saturated heterocycles. The molecule has 0 bridgehead atoms. The molecule has 0 heterocycles. The van der Waals surface area contributed by atoms with Crippen LogP contribution in [0, 0.1) is 6.92 Å². The summed E-state index contributed by atoms with van der Waals surface area (Å²) >= 11 is 0. The first-order valence-corrected chi connectivity index (χ1v) is 6.95. The van der Waals surface area contributed by atoms with Crippen molar-refractivity contribution in [3.63, 3.8) is 0 Å². The predicted molar refractivity (Wildman–Crippen MR) is 74.7 cm³/mol. The van der Waals surface area contributed by atoms with E-state index in [1.807, 2.05) is 6.92 Å². The van der Waals surface area contributed by atoms with Gasteiger partial charge in [0, 0.05) is 18.8 Å². The van der Waals surface area contributed by atoms with Gasteiger partial charge in [-0.25, -0.2) is 8.42 Å². The summed E-state index contributed by atoms with van der Waals surface area (Å²) in [7, 11) is -3.55. The minimum Gasteiger partial charge on any atom is -0.398 e. The summed E-state index contributed by atoms with van der Waals surface area (Å²) in [6.45, 7) is 9.42. The van der Waals surface area contributed by atoms with Crippen LogP contribution in [-0.2, 0) is 10.0 Å². The van der Waals surface area contributed by atoms with Crippen LogP contribution in [-0.4, -0.2) is 25.8 Å². The van der Waals surface area contributed by atoms with Crippen molar-refractivity contribution in [2.45, 2.75) is 11.8 Å². The fraction of sp³-hybridized carbons (Fsp3) is 0.231. The molecule has 0 aliphatic carbocycles. The second kappa shape index (κ2) is 5.84. The first kappa shape index (κ1) is 14.5. The Labute approximate surface area is 108 Å². The van der Waals surface area contributed by atoms with Crippen LogP contribution in [0.1, 0.15) is 5.56 Å². The molecule has 1 rings (SSSR count). The number of sulfonamides is 1. The third-order valence-electron chi connectivity index (χ3n) is 2.55. The van der Waals surface area contributed by atoms with Gasteiger partial charge < -0.3 is 5.73 Å². The fourth-order valence-corrected chi connectivity index (χ4v) is 2.90. The number of nitrogens with two attached hydrogens (primary N) is 1. The van der Waals surface area contributed by atoms with Crippen molar-refractivity contribution in [3.8, 4) is 0 Å². The van der Waals surface area contributed by atoms with Gasteiger partial charge in [0.15, 0.2) is 0 Å². The van der Waals surface area contributed by atoms with E-state index >= 15 is 0 Å². The van der Waals surface area contributed by atoms with E-state index in [-0.39, 0.29) is 18.0 Å². The van der Waals surface area contributed by atoms with Crippen molar-refractivity contribution < 1.29 is 8.42 Å². The Morgan fingerprint density at radius 2 is 1.83 bits per heavy atom. The van der Waals surface area contributed by atoms with E-state index in [2.05, 4.69) is 13.2 Å². The lowest BCUT2D eigenvalue weighted by molar-refractivity contribution is 0.474. The molecular weight excluding hydrogens is 248 g/mol. The van der Waals surface area contributed by atoms with Gasteiger partial charge in [-0.1, -0.05) is 18.2 Å². The molecule has 0 spiro atoms. The number of nitrogen functional groups attached to an aromatic ring is 1. The zero-order chi connectivity index (χ0) is 13.8. The Bertz CT molecular complexity index is 540. The molecule has 0 atom stereocenters. The molecule has 0 radical (unpaired) electrons. The molecule has 4 nitrogen and oxygen atoms in total. The van der Waals surface area contributed by atoms with Crippen molar-refractivity contribution in [2.24, 2.45) is 0 Å². The molecule has 1 aromatic carbocycles. The van der Waals surface area contributed by atoms with Crippen LogP contribution in [0.25, 0.3) is 0 Å². The minimum atomic E-state index is -3.55. The number of benzene rings is 1. The van der Waals surface area contributed by atoms with Crippen molar-refractivity contribution in [2.75, 3.05) is 18.8 Å². The highest BCUT2D eigenvalue weighted by molar-refractivity contribution is 7.89. The van der Waals surface area contributed by atoms with Crippen LogP contribution < -0.4 is 5.73 Å². The van der Waals surface area contributed by atoms with Crippen molar-refractivity contribution in [1.82, 2.24) is 4.31 Å². The maximum Gasteiger partial charge on any atom is 0.243 e. The summed E-state index contributed by atoms with van der Waals surface area (Å²) in [5, 5.41) is 0. The summed E-state index contributed by atoms with van der Waals surface area (Å²) in [4.78, 5) is 0.189. The van der Waals surface area contributed by atoms with Gasteiger partial charge in [0.1, 0.15) is 0 Å². The topological polar surface area (TPSA) is 63.4 Å². The van der Waals surface area contributed by atoms with Gasteiger partial charge in [-0.15, -0.1) is 13.2 Å². The molecule has 0 fully saturated rings. The van der Waals surface area contributed by atoms with E-state index in [0.29, 0.717) is 5.69 Å². The molecule has 18 heavy (non-hydrogen) atoms. The van der Waals surface area contributed by atoms with E-state index in [0.717, 1.165) is 5.56 Å². The maximum absolute atomic E-state index is 12.4. The van der Waals surface area contributed by atoms with Gasteiger partial charge in [0.05, 0.1) is 4.90 Å². The smallest absolute Gasteiger partial charge is 0.243 e. The zero-order valence-corrected chi connectivity index (χ0v) is 11.3. The quantitative estimate of drug-likeness (QED) is 0.632. The second-order valence-electron chi connectivity index (χ2n) is 3.92. The van der Waals surface area contributed by atoms with Crippen molar-refractivity contribution in [3.05, 3.63) is 49.1 Å². The molecule has 0 saturated carbocycles. The monoisotopic (exact) mass is 266 g/mol. The number of anilines is 1. The lowest BCUT2D eigenvalue weighted by Gasteiger charge is -2.19. The van der Waals surface area contributed by atoms with E-state index < -0.39 is 10.0 Å². The normalized spacial score (nSPS) is 11.4. The second-order valence-corrected chi connectivity index (χ2v) is 5.86. The van der Waals surface area contributed by atoms with E-state index in [1.165, 1.54) is 10.4 Å². The Hall–Kier alpha value is -1.59. The summed E-state index contributed by atoms with van der Waals surface area (Å²) in [5.74, 6) is 0. The molecular formula is C13H18N2O2S. The van der Waals surface area contributed by atoms with Crippen molar-refractivity contribution >= 4 is 15.7 Å². The van der Waals surface area contributed by atoms with Crippen LogP contribution in [0.4, 0.5) is 5.69 Å². The van der Waals surface area contributed by atoms with Gasteiger partial charge in [-0.05, 0) is 24.6 Å². The minimum absolute atomic E-state index is 0.189.